The molecule has 1 saturated heterocycles. The Morgan fingerprint density at radius 1 is 1.13 bits per heavy atom. The molecule has 1 aliphatic heterocycles. The number of anilines is 1. The molecule has 9 heteroatoms. The number of ether oxygens (including phenoxy) is 1. The number of carbonyl (C=O) groups is 1. The summed E-state index contributed by atoms with van der Waals surface area (Å²) in [4.78, 5) is 25.0. The molecule has 1 aromatic carbocycles. The maximum atomic E-state index is 13.7. The highest BCUT2D eigenvalue weighted by Gasteiger charge is 2.21. The van der Waals surface area contributed by atoms with Gasteiger partial charge in [0.15, 0.2) is 0 Å². The number of fused-ring (bicyclic) bond motifs is 1. The van der Waals surface area contributed by atoms with Crippen molar-refractivity contribution < 1.29 is 14.6 Å². The van der Waals surface area contributed by atoms with Crippen LogP contribution >= 0.6 is 0 Å². The summed E-state index contributed by atoms with van der Waals surface area (Å²) in [6.45, 7) is 8.76. The van der Waals surface area contributed by atoms with E-state index in [1.54, 1.807) is 36.2 Å². The van der Waals surface area contributed by atoms with Crippen molar-refractivity contribution in [3.63, 3.8) is 0 Å². The highest BCUT2D eigenvalue weighted by molar-refractivity contribution is 6.07. The fraction of sp³-hybridized carbons (Fsp3) is 0.379. The molecule has 1 amide bonds. The number of nitrogens with one attached hydrogen (secondary N) is 1. The lowest BCUT2D eigenvalue weighted by Gasteiger charge is -2.25. The number of phenols is 1. The third-order valence-electron chi connectivity index (χ3n) is 7.21. The van der Waals surface area contributed by atoms with Gasteiger partial charge in [-0.2, -0.15) is 5.10 Å². The second-order valence-corrected chi connectivity index (χ2v) is 9.85. The maximum absolute atomic E-state index is 13.7. The van der Waals surface area contributed by atoms with Crippen LogP contribution in [0, 0.1) is 13.8 Å². The van der Waals surface area contributed by atoms with Crippen LogP contribution in [0.5, 0.6) is 5.75 Å². The number of nitrogens with zero attached hydrogens (tertiary/aromatic N) is 5. The van der Waals surface area contributed by atoms with Gasteiger partial charge in [-0.05, 0) is 70.0 Å². The minimum atomic E-state index is -0.164. The van der Waals surface area contributed by atoms with Gasteiger partial charge < -0.3 is 20.1 Å². The van der Waals surface area contributed by atoms with Crippen molar-refractivity contribution in [2.45, 2.75) is 52.7 Å². The first-order chi connectivity index (χ1) is 18.3. The van der Waals surface area contributed by atoms with Crippen molar-refractivity contribution in [3.8, 4) is 17.1 Å². The fourth-order valence-corrected chi connectivity index (χ4v) is 4.93. The van der Waals surface area contributed by atoms with Gasteiger partial charge in [-0.15, -0.1) is 0 Å². The van der Waals surface area contributed by atoms with Crippen LogP contribution in [-0.2, 0) is 17.8 Å². The molecule has 5 rings (SSSR count). The van der Waals surface area contributed by atoms with Crippen molar-refractivity contribution in [1.29, 1.82) is 0 Å². The van der Waals surface area contributed by atoms with E-state index in [1.807, 2.05) is 43.8 Å². The second kappa shape index (κ2) is 10.8. The monoisotopic (exact) mass is 514 g/mol. The number of pyridine rings is 2. The molecular formula is C29H34N6O3. The topological polar surface area (TPSA) is 105 Å². The zero-order chi connectivity index (χ0) is 26.8. The molecule has 0 atom stereocenters. The Balaban J connectivity index is 1.48. The van der Waals surface area contributed by atoms with Crippen molar-refractivity contribution in [2.75, 3.05) is 25.6 Å². The average Bonchev–Trinajstić information content (AvgIpc) is 3.28. The summed E-state index contributed by atoms with van der Waals surface area (Å²) in [6, 6.07) is 11.0. The lowest BCUT2D eigenvalue weighted by atomic mass is 10.0. The van der Waals surface area contributed by atoms with Crippen molar-refractivity contribution in [3.05, 3.63) is 65.1 Å². The number of hydrogen-bond donors (Lipinski definition) is 2. The zero-order valence-corrected chi connectivity index (χ0v) is 22.4. The Morgan fingerprint density at radius 3 is 2.63 bits per heavy atom. The number of aromatic nitrogens is 4. The number of phenolic OH excluding ortho intramolecular Hbond substituents is 1. The van der Waals surface area contributed by atoms with E-state index in [0.29, 0.717) is 40.4 Å². The van der Waals surface area contributed by atoms with E-state index < -0.39 is 0 Å². The first-order valence-corrected chi connectivity index (χ1v) is 13.1. The van der Waals surface area contributed by atoms with Gasteiger partial charge in [0.1, 0.15) is 5.75 Å². The number of hydrogen-bond acceptors (Lipinski definition) is 7. The van der Waals surface area contributed by atoms with Crippen LogP contribution < -0.4 is 5.32 Å². The molecular weight excluding hydrogens is 480 g/mol. The number of aromatic hydroxyl groups is 1. The van der Waals surface area contributed by atoms with E-state index in [4.69, 9.17) is 14.7 Å². The molecule has 38 heavy (non-hydrogen) atoms. The molecule has 0 bridgehead atoms. The highest BCUT2D eigenvalue weighted by atomic mass is 16.5. The Morgan fingerprint density at radius 2 is 1.92 bits per heavy atom. The molecule has 198 valence electrons. The van der Waals surface area contributed by atoms with E-state index in [-0.39, 0.29) is 11.7 Å². The predicted molar refractivity (Wildman–Crippen MR) is 147 cm³/mol. The van der Waals surface area contributed by atoms with Crippen molar-refractivity contribution in [2.24, 2.45) is 0 Å². The summed E-state index contributed by atoms with van der Waals surface area (Å²) >= 11 is 0. The lowest BCUT2D eigenvalue weighted by Crippen LogP contribution is -2.28. The van der Waals surface area contributed by atoms with Crippen molar-refractivity contribution in [1.82, 2.24) is 24.6 Å². The smallest absolute Gasteiger partial charge is 0.254 e. The summed E-state index contributed by atoms with van der Waals surface area (Å²) < 4.78 is 7.38. The quantitative estimate of drug-likeness (QED) is 0.368. The molecule has 0 unspecified atom stereocenters. The summed E-state index contributed by atoms with van der Waals surface area (Å²) in [5.41, 5.74) is 6.28. The molecule has 1 aliphatic rings. The van der Waals surface area contributed by atoms with Gasteiger partial charge in [0.05, 0.1) is 40.0 Å². The van der Waals surface area contributed by atoms with Crippen LogP contribution in [0.15, 0.2) is 42.6 Å². The van der Waals surface area contributed by atoms with E-state index >= 15 is 0 Å². The van der Waals surface area contributed by atoms with Crippen LogP contribution in [0.3, 0.4) is 0 Å². The minimum Gasteiger partial charge on any atom is -0.508 e. The molecule has 0 spiro atoms. The Kier molecular flexibility index (Phi) is 7.28. The highest BCUT2D eigenvalue weighted by Crippen LogP contribution is 2.29. The molecule has 0 saturated carbocycles. The standard InChI is InChI=1S/C29H34N6O3/c1-5-35-19(3)20(16-30-35)17-34(4)29(37)24-15-28(33-26-7-6-22(36)14-23(24)26)27-9-8-25(18(2)31-27)32-21-10-12-38-13-11-21/h6-9,14-16,21,32,36H,5,10-13,17H2,1-4H3. The molecule has 4 heterocycles. The molecule has 9 nitrogen and oxygen atoms in total. The van der Waals surface area contributed by atoms with Crippen LogP contribution in [0.2, 0.25) is 0 Å². The molecule has 3 aromatic heterocycles. The summed E-state index contributed by atoms with van der Waals surface area (Å²) in [7, 11) is 1.78. The van der Waals surface area contributed by atoms with Gasteiger partial charge in [-0.1, -0.05) is 0 Å². The first kappa shape index (κ1) is 25.7. The summed E-state index contributed by atoms with van der Waals surface area (Å²) in [6.07, 6.45) is 3.75. The van der Waals surface area contributed by atoms with E-state index in [2.05, 4.69) is 10.4 Å². The zero-order valence-electron chi connectivity index (χ0n) is 22.4. The average molecular weight is 515 g/mol. The predicted octanol–water partition coefficient (Wildman–Crippen LogP) is 4.70. The second-order valence-electron chi connectivity index (χ2n) is 9.85. The van der Waals surface area contributed by atoms with Gasteiger partial charge in [-0.3, -0.25) is 9.48 Å². The number of rotatable bonds is 7. The number of carbonyl (C=O) groups excluding carboxylic acids is 1. The van der Waals surface area contributed by atoms with Crippen LogP contribution in [0.25, 0.3) is 22.3 Å². The normalized spacial score (nSPS) is 14.1. The number of amides is 1. The van der Waals surface area contributed by atoms with Gasteiger partial charge in [0.2, 0.25) is 0 Å². The van der Waals surface area contributed by atoms with Crippen LogP contribution in [-0.4, -0.2) is 62.0 Å². The van der Waals surface area contributed by atoms with Gasteiger partial charge in [-0.25, -0.2) is 9.97 Å². The Hall–Kier alpha value is -3.98. The maximum Gasteiger partial charge on any atom is 0.254 e. The van der Waals surface area contributed by atoms with Gasteiger partial charge >= 0.3 is 0 Å². The summed E-state index contributed by atoms with van der Waals surface area (Å²) in [5, 5.41) is 18.8. The SMILES string of the molecule is CCn1ncc(CN(C)C(=O)c2cc(-c3ccc(NC4CCOCC4)c(C)n3)nc3ccc(O)cc23)c1C. The third-order valence-corrected chi connectivity index (χ3v) is 7.21. The Labute approximate surface area is 222 Å². The van der Waals surface area contributed by atoms with E-state index in [1.165, 1.54) is 0 Å². The fourth-order valence-electron chi connectivity index (χ4n) is 4.93. The molecule has 2 N–H and O–H groups in total. The number of aryl methyl sites for hydroxylation is 2. The third kappa shape index (κ3) is 5.19. The molecule has 0 aliphatic carbocycles. The molecule has 1 fully saturated rings. The number of benzene rings is 1. The molecule has 4 aromatic rings. The van der Waals surface area contributed by atoms with Crippen LogP contribution in [0.4, 0.5) is 5.69 Å². The van der Waals surface area contributed by atoms with Crippen LogP contribution in [0.1, 0.15) is 47.1 Å². The van der Waals surface area contributed by atoms with Crippen molar-refractivity contribution >= 4 is 22.5 Å². The summed E-state index contributed by atoms with van der Waals surface area (Å²) in [5.74, 6) is -0.0799. The molecule has 0 radical (unpaired) electrons. The lowest BCUT2D eigenvalue weighted by molar-refractivity contribution is 0.0786. The van der Waals surface area contributed by atoms with Gasteiger partial charge in [0, 0.05) is 56.0 Å². The first-order valence-electron chi connectivity index (χ1n) is 13.1. The van der Waals surface area contributed by atoms with E-state index in [0.717, 1.165) is 55.2 Å². The van der Waals surface area contributed by atoms with E-state index in [9.17, 15) is 9.90 Å². The van der Waals surface area contributed by atoms with Gasteiger partial charge in [0.25, 0.3) is 5.91 Å². The largest absolute Gasteiger partial charge is 0.508 e. The Bertz CT molecular complexity index is 1470. The minimum absolute atomic E-state index is 0.0846.